The van der Waals surface area contributed by atoms with Gasteiger partial charge in [0.05, 0.1) is 28.7 Å². The molecule has 0 aliphatic rings. The van der Waals surface area contributed by atoms with Gasteiger partial charge in [0, 0.05) is 12.2 Å². The van der Waals surface area contributed by atoms with Crippen LogP contribution in [0.5, 0.6) is 5.75 Å². The second-order valence-corrected chi connectivity index (χ2v) is 6.82. The molecule has 10 heteroatoms. The first-order valence-corrected chi connectivity index (χ1v) is 9.72. The Morgan fingerprint density at radius 2 is 1.84 bits per heavy atom. The Morgan fingerprint density at radius 3 is 2.50 bits per heavy atom. The van der Waals surface area contributed by atoms with E-state index in [0.29, 0.717) is 23.7 Å². The number of ether oxygens (including phenoxy) is 1. The molecule has 0 atom stereocenters. The maximum absolute atomic E-state index is 13.0. The number of benzene rings is 2. The maximum Gasteiger partial charge on any atom is 0.416 e. The molecule has 1 heterocycles. The average Bonchev–Trinajstić information content (AvgIpc) is 3.14. The number of amides is 2. The Morgan fingerprint density at radius 1 is 1.12 bits per heavy atom. The number of hydrogen-bond acceptors (Lipinski definition) is 4. The van der Waals surface area contributed by atoms with Crippen LogP contribution in [0.1, 0.15) is 28.5 Å². The molecule has 3 rings (SSSR count). The third-order valence-corrected chi connectivity index (χ3v) is 4.53. The molecule has 0 bridgehead atoms. The zero-order chi connectivity index (χ0) is 23.3. The van der Waals surface area contributed by atoms with Crippen LogP contribution in [0.3, 0.4) is 0 Å². The van der Waals surface area contributed by atoms with E-state index in [1.54, 1.807) is 38.1 Å². The summed E-state index contributed by atoms with van der Waals surface area (Å²) in [4.78, 5) is 24.1. The maximum atomic E-state index is 13.0. The van der Waals surface area contributed by atoms with Crippen LogP contribution in [0.2, 0.25) is 0 Å². The molecule has 0 aliphatic carbocycles. The van der Waals surface area contributed by atoms with E-state index in [4.69, 9.17) is 4.74 Å². The van der Waals surface area contributed by atoms with Gasteiger partial charge in [0.15, 0.2) is 6.61 Å². The largest absolute Gasteiger partial charge is 0.484 e. The average molecular weight is 446 g/mol. The van der Waals surface area contributed by atoms with Crippen LogP contribution in [0.4, 0.5) is 18.9 Å². The molecule has 0 saturated heterocycles. The minimum atomic E-state index is -4.48. The Labute approximate surface area is 182 Å². The highest BCUT2D eigenvalue weighted by Gasteiger charge is 2.30. The van der Waals surface area contributed by atoms with Crippen molar-refractivity contribution in [3.8, 4) is 11.4 Å². The fraction of sp³-hybridized carbons (Fsp3) is 0.227. The topological polar surface area (TPSA) is 85.2 Å². The molecule has 0 spiro atoms. The number of nitrogens with zero attached hydrogens (tertiary/aromatic N) is 2. The fourth-order valence-corrected chi connectivity index (χ4v) is 2.94. The normalized spacial score (nSPS) is 11.2. The van der Waals surface area contributed by atoms with Gasteiger partial charge in [0.2, 0.25) is 0 Å². The van der Waals surface area contributed by atoms with E-state index in [1.807, 2.05) is 0 Å². The van der Waals surface area contributed by atoms with Crippen LogP contribution in [0.15, 0.2) is 54.7 Å². The molecule has 2 N–H and O–H groups in total. The molecule has 0 saturated carbocycles. The molecular formula is C22H21F3N4O3. The highest BCUT2D eigenvalue weighted by molar-refractivity contribution is 6.05. The lowest BCUT2D eigenvalue weighted by molar-refractivity contribution is -0.137. The molecule has 0 fully saturated rings. The van der Waals surface area contributed by atoms with Gasteiger partial charge in [0.25, 0.3) is 11.8 Å². The summed E-state index contributed by atoms with van der Waals surface area (Å²) < 4.78 is 45.6. The zero-order valence-corrected chi connectivity index (χ0v) is 17.4. The predicted octanol–water partition coefficient (Wildman–Crippen LogP) is 3.97. The van der Waals surface area contributed by atoms with E-state index in [1.165, 1.54) is 23.0 Å². The smallest absolute Gasteiger partial charge is 0.416 e. The quantitative estimate of drug-likeness (QED) is 0.575. The van der Waals surface area contributed by atoms with E-state index in [-0.39, 0.29) is 23.8 Å². The van der Waals surface area contributed by atoms with Crippen molar-refractivity contribution >= 4 is 17.5 Å². The van der Waals surface area contributed by atoms with Crippen LogP contribution in [-0.4, -0.2) is 34.7 Å². The minimum Gasteiger partial charge on any atom is -0.484 e. The summed E-state index contributed by atoms with van der Waals surface area (Å²) in [5, 5.41) is 9.39. The van der Waals surface area contributed by atoms with Gasteiger partial charge < -0.3 is 15.4 Å². The third kappa shape index (κ3) is 5.45. The van der Waals surface area contributed by atoms with Gasteiger partial charge in [-0.25, -0.2) is 4.68 Å². The van der Waals surface area contributed by atoms with Crippen LogP contribution in [0, 0.1) is 6.92 Å². The lowest BCUT2D eigenvalue weighted by atomic mass is 10.2. The SMILES string of the molecule is CCNC(=O)COc1ccc(NC(=O)c2cnn(-c3cccc(C(F)(F)F)c3)c2C)cc1. The monoisotopic (exact) mass is 446 g/mol. The molecule has 0 radical (unpaired) electrons. The van der Waals surface area contributed by atoms with Crippen molar-refractivity contribution in [3.05, 3.63) is 71.5 Å². The highest BCUT2D eigenvalue weighted by atomic mass is 19.4. The number of anilines is 1. The van der Waals surface area contributed by atoms with Crippen LogP contribution < -0.4 is 15.4 Å². The van der Waals surface area contributed by atoms with Crippen molar-refractivity contribution in [1.82, 2.24) is 15.1 Å². The number of aromatic nitrogens is 2. The summed E-state index contributed by atoms with van der Waals surface area (Å²) in [6.07, 6.45) is -3.18. The van der Waals surface area contributed by atoms with E-state index >= 15 is 0 Å². The number of likely N-dealkylation sites (N-methyl/N-ethyl adjacent to an activating group) is 1. The summed E-state index contributed by atoms with van der Waals surface area (Å²) in [5.74, 6) is -0.238. The van der Waals surface area contributed by atoms with E-state index < -0.39 is 17.6 Å². The van der Waals surface area contributed by atoms with Crippen LogP contribution in [-0.2, 0) is 11.0 Å². The van der Waals surface area contributed by atoms with Gasteiger partial charge in [-0.3, -0.25) is 9.59 Å². The molecule has 0 aliphatic heterocycles. The molecule has 1 aromatic heterocycles. The van der Waals surface area contributed by atoms with E-state index in [2.05, 4.69) is 15.7 Å². The summed E-state index contributed by atoms with van der Waals surface area (Å²) in [6.45, 7) is 3.80. The summed E-state index contributed by atoms with van der Waals surface area (Å²) in [6, 6.07) is 11.1. The Hall–Kier alpha value is -3.82. The molecule has 7 nitrogen and oxygen atoms in total. The van der Waals surface area contributed by atoms with Crippen molar-refractivity contribution in [3.63, 3.8) is 0 Å². The van der Waals surface area contributed by atoms with Crippen molar-refractivity contribution in [2.75, 3.05) is 18.5 Å². The number of hydrogen-bond donors (Lipinski definition) is 2. The number of alkyl halides is 3. The Kier molecular flexibility index (Phi) is 6.82. The first kappa shape index (κ1) is 22.9. The van der Waals surface area contributed by atoms with Gasteiger partial charge in [-0.2, -0.15) is 18.3 Å². The number of carbonyl (C=O) groups excluding carboxylic acids is 2. The standard InChI is InChI=1S/C22H21F3N4O3/c1-3-26-20(30)13-32-18-9-7-16(8-10-18)28-21(31)19-12-27-29(14(19)2)17-6-4-5-15(11-17)22(23,24)25/h4-12H,3,13H2,1-2H3,(H,26,30)(H,28,31). The zero-order valence-electron chi connectivity index (χ0n) is 17.4. The molecule has 0 unspecified atom stereocenters. The van der Waals surface area contributed by atoms with Gasteiger partial charge in [-0.1, -0.05) is 6.07 Å². The van der Waals surface area contributed by atoms with Crippen molar-refractivity contribution in [2.45, 2.75) is 20.0 Å². The van der Waals surface area contributed by atoms with Gasteiger partial charge in [-0.05, 0) is 56.3 Å². The fourth-order valence-electron chi connectivity index (χ4n) is 2.94. The Balaban J connectivity index is 1.69. The highest BCUT2D eigenvalue weighted by Crippen LogP contribution is 2.30. The van der Waals surface area contributed by atoms with Crippen molar-refractivity contribution < 1.29 is 27.5 Å². The second-order valence-electron chi connectivity index (χ2n) is 6.82. The lowest BCUT2D eigenvalue weighted by Crippen LogP contribution is -2.28. The van der Waals surface area contributed by atoms with Crippen LogP contribution >= 0.6 is 0 Å². The third-order valence-electron chi connectivity index (χ3n) is 4.53. The number of nitrogens with one attached hydrogen (secondary N) is 2. The summed E-state index contributed by atoms with van der Waals surface area (Å²) in [7, 11) is 0. The predicted molar refractivity (Wildman–Crippen MR) is 112 cm³/mol. The molecule has 2 aromatic carbocycles. The van der Waals surface area contributed by atoms with Crippen LogP contribution in [0.25, 0.3) is 5.69 Å². The molecule has 3 aromatic rings. The van der Waals surface area contributed by atoms with Crippen molar-refractivity contribution in [2.24, 2.45) is 0 Å². The van der Waals surface area contributed by atoms with Gasteiger partial charge >= 0.3 is 6.18 Å². The Bertz CT molecular complexity index is 1110. The summed E-state index contributed by atoms with van der Waals surface area (Å²) in [5.41, 5.74) is 0.490. The van der Waals surface area contributed by atoms with E-state index in [9.17, 15) is 22.8 Å². The first-order chi connectivity index (χ1) is 15.2. The molecular weight excluding hydrogens is 425 g/mol. The molecule has 32 heavy (non-hydrogen) atoms. The number of carbonyl (C=O) groups is 2. The second kappa shape index (κ2) is 9.54. The van der Waals surface area contributed by atoms with Crippen molar-refractivity contribution in [1.29, 1.82) is 0 Å². The van der Waals surface area contributed by atoms with Gasteiger partial charge in [0.1, 0.15) is 5.75 Å². The first-order valence-electron chi connectivity index (χ1n) is 9.72. The van der Waals surface area contributed by atoms with E-state index in [0.717, 1.165) is 12.1 Å². The van der Waals surface area contributed by atoms with Gasteiger partial charge in [-0.15, -0.1) is 0 Å². The number of halogens is 3. The lowest BCUT2D eigenvalue weighted by Gasteiger charge is -2.10. The molecule has 168 valence electrons. The summed E-state index contributed by atoms with van der Waals surface area (Å²) >= 11 is 0. The molecule has 2 amide bonds. The minimum absolute atomic E-state index is 0.118. The number of rotatable bonds is 7.